The fourth-order valence-electron chi connectivity index (χ4n) is 4.85. The maximum atomic E-state index is 12.3. The number of hydrogen-bond donors (Lipinski definition) is 1. The summed E-state index contributed by atoms with van der Waals surface area (Å²) in [4.78, 5) is 12.3. The molecule has 3 aliphatic carbocycles. The highest BCUT2D eigenvalue weighted by Crippen LogP contribution is 2.83. The van der Waals surface area contributed by atoms with Crippen molar-refractivity contribution in [2.75, 3.05) is 0 Å². The molecule has 1 N–H and O–H groups in total. The first-order valence-electron chi connectivity index (χ1n) is 5.99. The molecule has 15 heavy (non-hydrogen) atoms. The molecule has 0 saturated heterocycles. The first-order valence-corrected chi connectivity index (χ1v) is 5.99. The zero-order valence-electron chi connectivity index (χ0n) is 10.0. The second-order valence-electron chi connectivity index (χ2n) is 6.78. The smallest absolute Gasteiger partial charge is 0.142 e. The number of fused-ring (bicyclic) bond motifs is 1. The van der Waals surface area contributed by atoms with Crippen LogP contribution in [0.4, 0.5) is 0 Å². The van der Waals surface area contributed by atoms with Crippen molar-refractivity contribution in [1.82, 2.24) is 0 Å². The molecule has 0 spiro atoms. The average Bonchev–Trinajstić information content (AvgIpc) is 2.67. The van der Waals surface area contributed by atoms with Gasteiger partial charge in [-0.1, -0.05) is 27.7 Å². The standard InChI is InChI=1S/C13H20O2/c1-11(2)10(15)9-8-5-7(14)6-12(11,3)13(8,9)4/h7-9,14H,5-6H2,1-4H3/t7-,8?,9?,12+,13-/m1/s1. The van der Waals surface area contributed by atoms with Gasteiger partial charge < -0.3 is 5.11 Å². The molecule has 5 atom stereocenters. The third-order valence-corrected chi connectivity index (χ3v) is 6.35. The van der Waals surface area contributed by atoms with Crippen LogP contribution in [0.3, 0.4) is 0 Å². The van der Waals surface area contributed by atoms with E-state index in [2.05, 4.69) is 27.7 Å². The predicted octanol–water partition coefficient (Wildman–Crippen LogP) is 2.01. The van der Waals surface area contributed by atoms with Gasteiger partial charge >= 0.3 is 0 Å². The zero-order valence-corrected chi connectivity index (χ0v) is 10.0. The Bertz CT molecular complexity index is 360. The summed E-state index contributed by atoms with van der Waals surface area (Å²) in [6.45, 7) is 8.62. The molecule has 3 fully saturated rings. The molecule has 0 radical (unpaired) electrons. The lowest BCUT2D eigenvalue weighted by atomic mass is 9.55. The number of aliphatic hydroxyl groups excluding tert-OH is 1. The number of carbonyl (C=O) groups excluding carboxylic acids is 1. The highest BCUT2D eigenvalue weighted by molar-refractivity contribution is 5.95. The maximum Gasteiger partial charge on any atom is 0.142 e. The van der Waals surface area contributed by atoms with E-state index in [4.69, 9.17) is 0 Å². The number of hydrogen-bond acceptors (Lipinski definition) is 2. The summed E-state index contributed by atoms with van der Waals surface area (Å²) >= 11 is 0. The molecule has 2 heteroatoms. The first-order chi connectivity index (χ1) is 6.77. The van der Waals surface area contributed by atoms with Gasteiger partial charge in [-0.05, 0) is 29.6 Å². The highest BCUT2D eigenvalue weighted by Gasteiger charge is 2.83. The van der Waals surface area contributed by atoms with Crippen molar-refractivity contribution in [3.63, 3.8) is 0 Å². The number of rotatable bonds is 0. The Morgan fingerprint density at radius 3 is 2.47 bits per heavy atom. The third kappa shape index (κ3) is 0.719. The van der Waals surface area contributed by atoms with Gasteiger partial charge in [0.2, 0.25) is 0 Å². The van der Waals surface area contributed by atoms with E-state index >= 15 is 0 Å². The Kier molecular flexibility index (Phi) is 1.42. The quantitative estimate of drug-likeness (QED) is 0.661. The Morgan fingerprint density at radius 1 is 1.27 bits per heavy atom. The van der Waals surface area contributed by atoms with E-state index in [-0.39, 0.29) is 28.3 Å². The lowest BCUT2D eigenvalue weighted by Crippen LogP contribution is -2.48. The summed E-state index contributed by atoms with van der Waals surface area (Å²) in [5, 5.41) is 9.92. The van der Waals surface area contributed by atoms with Crippen LogP contribution in [0.1, 0.15) is 40.5 Å². The molecule has 0 aromatic carbocycles. The fraction of sp³-hybridized carbons (Fsp3) is 0.923. The van der Waals surface area contributed by atoms with Gasteiger partial charge in [0.05, 0.1) is 6.10 Å². The monoisotopic (exact) mass is 208 g/mol. The Morgan fingerprint density at radius 2 is 1.87 bits per heavy atom. The van der Waals surface area contributed by atoms with Crippen molar-refractivity contribution in [3.05, 3.63) is 0 Å². The molecule has 0 aromatic rings. The topological polar surface area (TPSA) is 37.3 Å². The lowest BCUT2D eigenvalue weighted by Gasteiger charge is -2.49. The molecule has 3 aliphatic rings. The fourth-order valence-corrected chi connectivity index (χ4v) is 4.85. The van der Waals surface area contributed by atoms with Gasteiger partial charge in [0.15, 0.2) is 0 Å². The summed E-state index contributed by atoms with van der Waals surface area (Å²) in [7, 11) is 0. The summed E-state index contributed by atoms with van der Waals surface area (Å²) in [5.74, 6) is 1.16. The van der Waals surface area contributed by atoms with Crippen LogP contribution < -0.4 is 0 Å². The molecule has 0 bridgehead atoms. The van der Waals surface area contributed by atoms with Crippen molar-refractivity contribution >= 4 is 5.78 Å². The van der Waals surface area contributed by atoms with Crippen molar-refractivity contribution < 1.29 is 9.90 Å². The van der Waals surface area contributed by atoms with E-state index in [1.54, 1.807) is 0 Å². The van der Waals surface area contributed by atoms with Crippen LogP contribution in [0.5, 0.6) is 0 Å². The molecule has 3 saturated carbocycles. The van der Waals surface area contributed by atoms with E-state index < -0.39 is 0 Å². The zero-order chi connectivity index (χ0) is 11.2. The Hall–Kier alpha value is -0.370. The number of ketones is 1. The second-order valence-corrected chi connectivity index (χ2v) is 6.78. The minimum atomic E-state index is -0.246. The molecule has 84 valence electrons. The minimum Gasteiger partial charge on any atom is -0.393 e. The SMILES string of the molecule is CC1(C)C(=O)C2C3C[C@@H](O)C[C@]1(C)[C@]32C. The molecular formula is C13H20O2. The minimum absolute atomic E-state index is 0.00405. The molecule has 2 unspecified atom stereocenters. The van der Waals surface area contributed by atoms with Gasteiger partial charge in [-0.3, -0.25) is 4.79 Å². The van der Waals surface area contributed by atoms with Crippen molar-refractivity contribution in [2.45, 2.75) is 46.6 Å². The van der Waals surface area contributed by atoms with Crippen LogP contribution in [0.25, 0.3) is 0 Å². The summed E-state index contributed by atoms with van der Waals surface area (Å²) in [6, 6.07) is 0. The van der Waals surface area contributed by atoms with E-state index in [1.165, 1.54) is 0 Å². The normalized spacial score (nSPS) is 60.3. The number of carbonyl (C=O) groups is 1. The highest BCUT2D eigenvalue weighted by atomic mass is 16.3. The van der Waals surface area contributed by atoms with Crippen LogP contribution in [0, 0.1) is 28.1 Å². The van der Waals surface area contributed by atoms with Gasteiger partial charge in [-0.2, -0.15) is 0 Å². The van der Waals surface area contributed by atoms with Crippen molar-refractivity contribution in [2.24, 2.45) is 28.1 Å². The molecule has 3 rings (SSSR count). The lowest BCUT2D eigenvalue weighted by molar-refractivity contribution is -0.136. The van der Waals surface area contributed by atoms with Gasteiger partial charge in [0, 0.05) is 11.3 Å². The van der Waals surface area contributed by atoms with E-state index in [9.17, 15) is 9.90 Å². The van der Waals surface area contributed by atoms with Gasteiger partial charge in [-0.15, -0.1) is 0 Å². The van der Waals surface area contributed by atoms with E-state index in [0.29, 0.717) is 11.7 Å². The largest absolute Gasteiger partial charge is 0.393 e. The second kappa shape index (κ2) is 2.17. The van der Waals surface area contributed by atoms with Crippen LogP contribution in [0.2, 0.25) is 0 Å². The number of Topliss-reactive ketones (excluding diaryl/α,β-unsaturated/α-hetero) is 1. The molecular weight excluding hydrogens is 188 g/mol. The van der Waals surface area contributed by atoms with Gasteiger partial charge in [0.25, 0.3) is 0 Å². The Labute approximate surface area is 91.1 Å². The van der Waals surface area contributed by atoms with E-state index in [1.807, 2.05) is 0 Å². The molecule has 2 nitrogen and oxygen atoms in total. The average molecular weight is 208 g/mol. The van der Waals surface area contributed by atoms with Gasteiger partial charge in [-0.25, -0.2) is 0 Å². The van der Waals surface area contributed by atoms with E-state index in [0.717, 1.165) is 12.8 Å². The number of aliphatic hydroxyl groups is 1. The summed E-state index contributed by atoms with van der Waals surface area (Å²) in [6.07, 6.45) is 1.46. The maximum absolute atomic E-state index is 12.3. The molecule has 0 aliphatic heterocycles. The predicted molar refractivity (Wildman–Crippen MR) is 57.2 cm³/mol. The summed E-state index contributed by atoms with van der Waals surface area (Å²) in [5.41, 5.74) is -0.0544. The van der Waals surface area contributed by atoms with Crippen LogP contribution in [-0.4, -0.2) is 17.0 Å². The summed E-state index contributed by atoms with van der Waals surface area (Å²) < 4.78 is 0. The van der Waals surface area contributed by atoms with Crippen molar-refractivity contribution in [1.29, 1.82) is 0 Å². The Balaban J connectivity index is 2.15. The van der Waals surface area contributed by atoms with Crippen LogP contribution >= 0.6 is 0 Å². The van der Waals surface area contributed by atoms with Crippen molar-refractivity contribution in [3.8, 4) is 0 Å². The third-order valence-electron chi connectivity index (χ3n) is 6.35. The molecule has 0 aromatic heterocycles. The first kappa shape index (κ1) is 9.83. The molecule has 0 amide bonds. The van der Waals surface area contributed by atoms with Crippen LogP contribution in [-0.2, 0) is 4.79 Å². The van der Waals surface area contributed by atoms with Crippen LogP contribution in [0.15, 0.2) is 0 Å². The van der Waals surface area contributed by atoms with Gasteiger partial charge in [0.1, 0.15) is 5.78 Å². The molecule has 0 heterocycles.